The number of hydrogen-bond acceptors (Lipinski definition) is 2. The van der Waals surface area contributed by atoms with Gasteiger partial charge in [-0.3, -0.25) is 4.79 Å². The van der Waals surface area contributed by atoms with Crippen molar-refractivity contribution < 1.29 is 9.59 Å². The maximum atomic E-state index is 12.9. The highest BCUT2D eigenvalue weighted by atomic mass is 16.2. The fourth-order valence-electron chi connectivity index (χ4n) is 4.88. The summed E-state index contributed by atoms with van der Waals surface area (Å²) in [5.41, 5.74) is 3.91. The molecule has 158 valence electrons. The fraction of sp³-hybridized carbons (Fsp3) is 0.308. The van der Waals surface area contributed by atoms with E-state index in [1.165, 1.54) is 5.56 Å². The molecule has 0 unspecified atom stereocenters. The molecule has 1 fully saturated rings. The Morgan fingerprint density at radius 2 is 1.77 bits per heavy atom. The minimum absolute atomic E-state index is 0.159. The first kappa shape index (κ1) is 19.6. The van der Waals surface area contributed by atoms with E-state index in [1.807, 2.05) is 47.4 Å². The van der Waals surface area contributed by atoms with Crippen LogP contribution in [0.25, 0.3) is 10.8 Å². The molecular formula is C26H27N3O2. The van der Waals surface area contributed by atoms with Crippen molar-refractivity contribution in [2.45, 2.75) is 38.6 Å². The second-order valence-corrected chi connectivity index (χ2v) is 8.51. The molecule has 0 spiro atoms. The van der Waals surface area contributed by atoms with Crippen molar-refractivity contribution in [3.05, 3.63) is 71.8 Å². The van der Waals surface area contributed by atoms with E-state index in [9.17, 15) is 9.59 Å². The minimum Gasteiger partial charge on any atom is -0.334 e. The van der Waals surface area contributed by atoms with Crippen LogP contribution in [0.1, 0.15) is 36.8 Å². The first-order chi connectivity index (χ1) is 15.2. The van der Waals surface area contributed by atoms with Crippen molar-refractivity contribution in [1.82, 2.24) is 5.32 Å². The zero-order valence-electron chi connectivity index (χ0n) is 17.6. The van der Waals surface area contributed by atoms with Gasteiger partial charge in [-0.05, 0) is 53.3 Å². The Balaban J connectivity index is 1.26. The van der Waals surface area contributed by atoms with Gasteiger partial charge < -0.3 is 15.5 Å². The predicted molar refractivity (Wildman–Crippen MR) is 124 cm³/mol. The summed E-state index contributed by atoms with van der Waals surface area (Å²) >= 11 is 0. The molecule has 2 aliphatic rings. The number of anilines is 2. The average molecular weight is 414 g/mol. The second kappa shape index (κ2) is 8.42. The molecule has 0 bridgehead atoms. The Labute approximate surface area is 182 Å². The van der Waals surface area contributed by atoms with Crippen molar-refractivity contribution in [1.29, 1.82) is 0 Å². The maximum Gasteiger partial charge on any atom is 0.319 e. The summed E-state index contributed by atoms with van der Waals surface area (Å²) in [6, 6.07) is 19.9. The molecule has 0 radical (unpaired) electrons. The number of hydrogen-bond donors (Lipinski definition) is 2. The number of amides is 3. The Hall–Kier alpha value is -3.34. The molecule has 3 aromatic rings. The topological polar surface area (TPSA) is 61.4 Å². The van der Waals surface area contributed by atoms with Crippen LogP contribution in [0.5, 0.6) is 0 Å². The smallest absolute Gasteiger partial charge is 0.319 e. The van der Waals surface area contributed by atoms with Crippen molar-refractivity contribution in [2.75, 3.05) is 16.8 Å². The summed E-state index contributed by atoms with van der Waals surface area (Å²) in [4.78, 5) is 27.4. The van der Waals surface area contributed by atoms with Gasteiger partial charge in [-0.25, -0.2) is 4.79 Å². The standard InChI is InChI=1S/C26H27N3O2/c30-25(20-7-1-2-8-20)29-15-14-19-12-13-22(16-24(19)29)28-26(31)27-17-21-10-5-9-18-6-3-4-11-23(18)21/h3-6,9-13,16,20H,1-2,7-8,14-15,17H2,(H2,27,28,31). The average Bonchev–Trinajstić information content (AvgIpc) is 3.47. The number of benzene rings is 3. The van der Waals surface area contributed by atoms with E-state index in [2.05, 4.69) is 28.8 Å². The number of nitrogens with zero attached hydrogens (tertiary/aromatic N) is 1. The third-order valence-electron chi connectivity index (χ3n) is 6.53. The lowest BCUT2D eigenvalue weighted by atomic mass is 10.0. The number of carbonyl (C=O) groups is 2. The van der Waals surface area contributed by atoms with Crippen LogP contribution in [0.2, 0.25) is 0 Å². The van der Waals surface area contributed by atoms with Gasteiger partial charge in [-0.1, -0.05) is 61.4 Å². The van der Waals surface area contributed by atoms with E-state index in [0.717, 1.165) is 60.7 Å². The molecule has 31 heavy (non-hydrogen) atoms. The van der Waals surface area contributed by atoms with Gasteiger partial charge in [0, 0.05) is 30.4 Å². The van der Waals surface area contributed by atoms with Crippen LogP contribution >= 0.6 is 0 Å². The van der Waals surface area contributed by atoms with E-state index in [-0.39, 0.29) is 17.9 Å². The summed E-state index contributed by atoms with van der Waals surface area (Å²) < 4.78 is 0. The van der Waals surface area contributed by atoms with E-state index < -0.39 is 0 Å². The van der Waals surface area contributed by atoms with E-state index in [1.54, 1.807) is 0 Å². The van der Waals surface area contributed by atoms with Crippen LogP contribution < -0.4 is 15.5 Å². The summed E-state index contributed by atoms with van der Waals surface area (Å²) in [5, 5.41) is 8.19. The molecule has 0 atom stereocenters. The van der Waals surface area contributed by atoms with E-state index >= 15 is 0 Å². The molecule has 1 aliphatic carbocycles. The Bertz CT molecular complexity index is 1130. The van der Waals surface area contributed by atoms with Crippen LogP contribution in [0.3, 0.4) is 0 Å². The third kappa shape index (κ3) is 4.00. The summed E-state index contributed by atoms with van der Waals surface area (Å²) in [7, 11) is 0. The van der Waals surface area contributed by atoms with E-state index in [4.69, 9.17) is 0 Å². The van der Waals surface area contributed by atoms with Crippen molar-refractivity contribution >= 4 is 34.1 Å². The molecule has 5 rings (SSSR count). The van der Waals surface area contributed by atoms with Gasteiger partial charge in [-0.15, -0.1) is 0 Å². The van der Waals surface area contributed by atoms with Gasteiger partial charge in [-0.2, -0.15) is 0 Å². The third-order valence-corrected chi connectivity index (χ3v) is 6.53. The lowest BCUT2D eigenvalue weighted by molar-refractivity contribution is -0.122. The number of urea groups is 1. The van der Waals surface area contributed by atoms with Crippen LogP contribution in [-0.4, -0.2) is 18.5 Å². The Kier molecular flexibility index (Phi) is 5.33. The highest BCUT2D eigenvalue weighted by Crippen LogP contribution is 2.35. The summed E-state index contributed by atoms with van der Waals surface area (Å²) in [6.07, 6.45) is 5.17. The molecular weight excluding hydrogens is 386 g/mol. The second-order valence-electron chi connectivity index (χ2n) is 8.51. The predicted octanol–water partition coefficient (Wildman–Crippen LogP) is 5.24. The number of rotatable bonds is 4. The van der Waals surface area contributed by atoms with Crippen molar-refractivity contribution in [3.8, 4) is 0 Å². The summed E-state index contributed by atoms with van der Waals surface area (Å²) in [5.74, 6) is 0.403. The molecule has 0 aromatic heterocycles. The number of carbonyl (C=O) groups excluding carboxylic acids is 2. The lowest BCUT2D eigenvalue weighted by Crippen LogP contribution is -2.34. The molecule has 3 aromatic carbocycles. The monoisotopic (exact) mass is 413 g/mol. The molecule has 0 saturated heterocycles. The quantitative estimate of drug-likeness (QED) is 0.614. The van der Waals surface area contributed by atoms with Crippen LogP contribution in [0.15, 0.2) is 60.7 Å². The fourth-order valence-corrected chi connectivity index (χ4v) is 4.88. The molecule has 3 amide bonds. The first-order valence-corrected chi connectivity index (χ1v) is 11.1. The van der Waals surface area contributed by atoms with Crippen LogP contribution in [0.4, 0.5) is 16.2 Å². The van der Waals surface area contributed by atoms with Crippen LogP contribution in [0, 0.1) is 5.92 Å². The molecule has 5 heteroatoms. The zero-order valence-corrected chi connectivity index (χ0v) is 17.6. The van der Waals surface area contributed by atoms with Gasteiger partial charge >= 0.3 is 6.03 Å². The highest BCUT2D eigenvalue weighted by molar-refractivity contribution is 5.98. The molecule has 1 heterocycles. The largest absolute Gasteiger partial charge is 0.334 e. The number of fused-ring (bicyclic) bond motifs is 2. The molecule has 2 N–H and O–H groups in total. The zero-order chi connectivity index (χ0) is 21.2. The van der Waals surface area contributed by atoms with Gasteiger partial charge in [0.2, 0.25) is 5.91 Å². The molecule has 5 nitrogen and oxygen atoms in total. The molecule has 1 saturated carbocycles. The maximum absolute atomic E-state index is 12.9. The van der Waals surface area contributed by atoms with Gasteiger partial charge in [0.05, 0.1) is 0 Å². The highest BCUT2D eigenvalue weighted by Gasteiger charge is 2.31. The normalized spacial score (nSPS) is 15.8. The van der Waals surface area contributed by atoms with Crippen molar-refractivity contribution in [2.24, 2.45) is 5.92 Å². The van der Waals surface area contributed by atoms with Gasteiger partial charge in [0.25, 0.3) is 0 Å². The van der Waals surface area contributed by atoms with Crippen molar-refractivity contribution in [3.63, 3.8) is 0 Å². The van der Waals surface area contributed by atoms with Gasteiger partial charge in [0.15, 0.2) is 0 Å². The van der Waals surface area contributed by atoms with Gasteiger partial charge in [0.1, 0.15) is 0 Å². The lowest BCUT2D eigenvalue weighted by Gasteiger charge is -2.21. The Morgan fingerprint density at radius 3 is 2.65 bits per heavy atom. The Morgan fingerprint density at radius 1 is 0.968 bits per heavy atom. The first-order valence-electron chi connectivity index (χ1n) is 11.1. The minimum atomic E-state index is -0.250. The van der Waals surface area contributed by atoms with Crippen LogP contribution in [-0.2, 0) is 17.8 Å². The SMILES string of the molecule is O=C(NCc1cccc2ccccc12)Nc1ccc2c(c1)N(C(=O)C1CCCC1)CC2. The van der Waals surface area contributed by atoms with E-state index in [0.29, 0.717) is 12.2 Å². The summed E-state index contributed by atoms with van der Waals surface area (Å²) in [6.45, 7) is 1.19. The number of nitrogens with one attached hydrogen (secondary N) is 2. The molecule has 1 aliphatic heterocycles.